The lowest BCUT2D eigenvalue weighted by atomic mass is 10.1. The molecule has 200 valence electrons. The number of carbonyl (C=O) groups excluding carboxylic acids is 3. The van der Waals surface area contributed by atoms with Gasteiger partial charge in [0.05, 0.1) is 9.85 Å². The predicted molar refractivity (Wildman–Crippen MR) is 129 cm³/mol. The summed E-state index contributed by atoms with van der Waals surface area (Å²) in [4.78, 5) is 58.9. The lowest BCUT2D eigenvalue weighted by molar-refractivity contribution is -0.391. The topological polar surface area (TPSA) is 201 Å². The van der Waals surface area contributed by atoms with Crippen LogP contribution >= 0.6 is 0 Å². The van der Waals surface area contributed by atoms with E-state index in [0.29, 0.717) is 0 Å². The third-order valence-corrected chi connectivity index (χ3v) is 3.53. The summed E-state index contributed by atoms with van der Waals surface area (Å²) in [6.07, 6.45) is -3.52. The van der Waals surface area contributed by atoms with Crippen LogP contribution in [-0.2, 0) is 14.2 Å². The molecule has 0 saturated carbocycles. The van der Waals surface area contributed by atoms with Crippen molar-refractivity contribution in [2.75, 3.05) is 16.0 Å². The van der Waals surface area contributed by atoms with E-state index in [1.807, 2.05) is 5.32 Å². The molecular formula is C21H31N5O10. The van der Waals surface area contributed by atoms with Crippen molar-refractivity contribution in [1.29, 1.82) is 0 Å². The molecule has 0 aliphatic rings. The Labute approximate surface area is 207 Å². The first kappa shape index (κ1) is 29.9. The number of hydrogen-bond acceptors (Lipinski definition) is 10. The van der Waals surface area contributed by atoms with Crippen LogP contribution in [0.25, 0.3) is 0 Å². The van der Waals surface area contributed by atoms with Gasteiger partial charge in [-0.05, 0) is 68.4 Å². The molecular weight excluding hydrogens is 482 g/mol. The molecule has 36 heavy (non-hydrogen) atoms. The van der Waals surface area contributed by atoms with E-state index in [0.717, 1.165) is 6.07 Å². The number of carbonyl (C=O) groups is 3. The monoisotopic (exact) mass is 513 g/mol. The summed E-state index contributed by atoms with van der Waals surface area (Å²) in [5.41, 5.74) is -7.31. The van der Waals surface area contributed by atoms with Gasteiger partial charge in [0.25, 0.3) is 0 Å². The van der Waals surface area contributed by atoms with Gasteiger partial charge in [-0.15, -0.1) is 0 Å². The summed E-state index contributed by atoms with van der Waals surface area (Å²) in [5.74, 6) is 0. The van der Waals surface area contributed by atoms with Crippen LogP contribution in [0.4, 0.5) is 42.8 Å². The average molecular weight is 514 g/mol. The molecule has 0 aromatic heterocycles. The van der Waals surface area contributed by atoms with Gasteiger partial charge in [-0.25, -0.2) is 14.4 Å². The minimum absolute atomic E-state index is 0.614. The van der Waals surface area contributed by atoms with Gasteiger partial charge in [0.2, 0.25) is 5.69 Å². The third kappa shape index (κ3) is 9.60. The molecule has 0 heterocycles. The van der Waals surface area contributed by atoms with Gasteiger partial charge in [-0.2, -0.15) is 0 Å². The Kier molecular flexibility index (Phi) is 8.81. The number of anilines is 3. The summed E-state index contributed by atoms with van der Waals surface area (Å²) in [7, 11) is 0. The Bertz CT molecular complexity index is 999. The van der Waals surface area contributed by atoms with Crippen molar-refractivity contribution in [3.8, 4) is 0 Å². The number of hydrogen-bond donors (Lipinski definition) is 3. The van der Waals surface area contributed by atoms with Crippen LogP contribution < -0.4 is 16.0 Å². The van der Waals surface area contributed by atoms with Gasteiger partial charge in [-0.1, -0.05) is 0 Å². The Morgan fingerprint density at radius 3 is 1.17 bits per heavy atom. The third-order valence-electron chi connectivity index (χ3n) is 3.53. The van der Waals surface area contributed by atoms with E-state index in [-0.39, 0.29) is 0 Å². The van der Waals surface area contributed by atoms with Crippen molar-refractivity contribution in [3.05, 3.63) is 26.3 Å². The molecule has 0 radical (unpaired) electrons. The van der Waals surface area contributed by atoms with Gasteiger partial charge >= 0.3 is 29.7 Å². The van der Waals surface area contributed by atoms with Gasteiger partial charge in [0.15, 0.2) is 0 Å². The van der Waals surface area contributed by atoms with E-state index in [2.05, 4.69) is 10.6 Å². The molecule has 0 saturated heterocycles. The van der Waals surface area contributed by atoms with Crippen molar-refractivity contribution in [2.24, 2.45) is 0 Å². The van der Waals surface area contributed by atoms with E-state index in [1.165, 1.54) is 20.8 Å². The van der Waals surface area contributed by atoms with Crippen LogP contribution in [0.5, 0.6) is 0 Å². The fourth-order valence-electron chi connectivity index (χ4n) is 2.58. The smallest absolute Gasteiger partial charge is 0.412 e. The van der Waals surface area contributed by atoms with E-state index in [1.54, 1.807) is 41.5 Å². The summed E-state index contributed by atoms with van der Waals surface area (Å²) in [6, 6.07) is 0.782. The number of nitrogens with zero attached hydrogens (tertiary/aromatic N) is 2. The number of nitro benzene ring substituents is 2. The summed E-state index contributed by atoms with van der Waals surface area (Å²) in [6.45, 7) is 13.8. The number of nitro groups is 2. The van der Waals surface area contributed by atoms with E-state index < -0.39 is 73.4 Å². The molecule has 1 rings (SSSR count). The Hall–Kier alpha value is -4.17. The average Bonchev–Trinajstić information content (AvgIpc) is 2.55. The first-order chi connectivity index (χ1) is 16.1. The maximum atomic E-state index is 12.4. The van der Waals surface area contributed by atoms with Crippen molar-refractivity contribution in [3.63, 3.8) is 0 Å². The van der Waals surface area contributed by atoms with Crippen molar-refractivity contribution in [2.45, 2.75) is 79.1 Å². The fourth-order valence-corrected chi connectivity index (χ4v) is 2.58. The van der Waals surface area contributed by atoms with Crippen LogP contribution in [0.15, 0.2) is 6.07 Å². The zero-order valence-electron chi connectivity index (χ0n) is 21.6. The molecule has 0 unspecified atom stereocenters. The number of rotatable bonds is 5. The minimum atomic E-state index is -1.26. The second-order valence-corrected chi connectivity index (χ2v) is 10.4. The molecule has 0 atom stereocenters. The van der Waals surface area contributed by atoms with Gasteiger partial charge in [0, 0.05) is 0 Å². The molecule has 3 N–H and O–H groups in total. The minimum Gasteiger partial charge on any atom is -0.444 e. The molecule has 15 heteroatoms. The molecule has 1 aromatic rings. The number of ether oxygens (including phenoxy) is 3. The Morgan fingerprint density at radius 1 is 0.639 bits per heavy atom. The SMILES string of the molecule is CC(C)(C)OC(=O)Nc1cc(NC(=O)OC(C)(C)C)c([N+](=O)[O-])c(NC(=O)OC(C)(C)C)c1[N+](=O)[O-]. The first-order valence-corrected chi connectivity index (χ1v) is 10.6. The molecule has 0 aliphatic heterocycles. The van der Waals surface area contributed by atoms with Crippen molar-refractivity contribution >= 4 is 46.7 Å². The Balaban J connectivity index is 3.82. The highest BCUT2D eigenvalue weighted by molar-refractivity contribution is 6.04. The van der Waals surface area contributed by atoms with Crippen LogP contribution in [-0.4, -0.2) is 44.9 Å². The normalized spacial score (nSPS) is 11.7. The number of nitrogens with one attached hydrogen (secondary N) is 3. The second-order valence-electron chi connectivity index (χ2n) is 10.4. The van der Waals surface area contributed by atoms with Crippen LogP contribution in [0.2, 0.25) is 0 Å². The zero-order valence-corrected chi connectivity index (χ0v) is 21.6. The summed E-state index contributed by atoms with van der Waals surface area (Å²) < 4.78 is 15.3. The quantitative estimate of drug-likeness (QED) is 0.255. The lowest BCUT2D eigenvalue weighted by Gasteiger charge is -2.22. The summed E-state index contributed by atoms with van der Waals surface area (Å²) >= 11 is 0. The highest BCUT2D eigenvalue weighted by Crippen LogP contribution is 2.46. The van der Waals surface area contributed by atoms with Crippen LogP contribution in [0, 0.1) is 20.2 Å². The molecule has 0 fully saturated rings. The number of benzene rings is 1. The predicted octanol–water partition coefficient (Wildman–Crippen LogP) is 5.54. The highest BCUT2D eigenvalue weighted by atomic mass is 16.6. The molecule has 1 aromatic carbocycles. The maximum Gasteiger partial charge on any atom is 0.412 e. The van der Waals surface area contributed by atoms with E-state index in [9.17, 15) is 34.6 Å². The van der Waals surface area contributed by atoms with Crippen molar-refractivity contribution in [1.82, 2.24) is 0 Å². The van der Waals surface area contributed by atoms with E-state index >= 15 is 0 Å². The second kappa shape index (κ2) is 10.6. The summed E-state index contributed by atoms with van der Waals surface area (Å²) in [5, 5.41) is 30.2. The highest BCUT2D eigenvalue weighted by Gasteiger charge is 2.37. The van der Waals surface area contributed by atoms with Gasteiger partial charge in [-0.3, -0.25) is 36.2 Å². The zero-order chi connectivity index (χ0) is 28.2. The molecule has 3 amide bonds. The van der Waals surface area contributed by atoms with E-state index in [4.69, 9.17) is 14.2 Å². The molecule has 0 bridgehead atoms. The van der Waals surface area contributed by atoms with Crippen LogP contribution in [0.1, 0.15) is 62.3 Å². The molecule has 15 nitrogen and oxygen atoms in total. The van der Waals surface area contributed by atoms with Gasteiger partial charge < -0.3 is 14.2 Å². The fraction of sp³-hybridized carbons (Fsp3) is 0.571. The first-order valence-electron chi connectivity index (χ1n) is 10.6. The number of amides is 3. The largest absolute Gasteiger partial charge is 0.444 e. The maximum absolute atomic E-state index is 12.4. The lowest BCUT2D eigenvalue weighted by Crippen LogP contribution is -2.29. The Morgan fingerprint density at radius 2 is 0.917 bits per heavy atom. The van der Waals surface area contributed by atoms with Crippen LogP contribution in [0.3, 0.4) is 0 Å². The molecule has 0 spiro atoms. The van der Waals surface area contributed by atoms with Gasteiger partial charge in [0.1, 0.15) is 28.2 Å². The van der Waals surface area contributed by atoms with Crippen molar-refractivity contribution < 1.29 is 38.4 Å². The standard InChI is InChI=1S/C21H31N5O10/c1-19(2,3)34-16(27)22-11-10-12(23-17(28)35-20(4,5)6)15(26(32)33)13(14(11)25(30)31)24-18(29)36-21(7,8)9/h10H,1-9H3,(H,22,27)(H,23,28)(H,24,29). The molecule has 0 aliphatic carbocycles.